The van der Waals surface area contributed by atoms with Crippen molar-refractivity contribution in [2.24, 2.45) is 0 Å². The third-order valence-corrected chi connectivity index (χ3v) is 4.74. The van der Waals surface area contributed by atoms with Crippen LogP contribution in [0.5, 0.6) is 0 Å². The van der Waals surface area contributed by atoms with Crippen LogP contribution in [0.4, 0.5) is 5.69 Å². The topological polar surface area (TPSA) is 97.7 Å². The number of aromatic carboxylic acids is 1. The lowest BCUT2D eigenvalue weighted by molar-refractivity contribution is -0.384. The molecular weight excluding hydrogens is 330 g/mol. The molecule has 0 saturated carbocycles. The summed E-state index contributed by atoms with van der Waals surface area (Å²) in [6.45, 7) is 0. The molecular formula is C16H9N3O4S. The van der Waals surface area contributed by atoms with Gasteiger partial charge in [0.2, 0.25) is 0 Å². The Bertz CT molecular complexity index is 1130. The van der Waals surface area contributed by atoms with E-state index in [4.69, 9.17) is 0 Å². The quantitative estimate of drug-likeness (QED) is 0.452. The van der Waals surface area contributed by atoms with E-state index in [0.717, 1.165) is 10.2 Å². The maximum atomic E-state index is 11.4. The SMILES string of the molecule is O=C(O)c1ccccc1-c1cn2c(n1)sc1cc([N+](=O)[O-])ccc12. The number of fused-ring (bicyclic) bond motifs is 3. The van der Waals surface area contributed by atoms with Crippen LogP contribution < -0.4 is 0 Å². The van der Waals surface area contributed by atoms with Gasteiger partial charge in [-0.25, -0.2) is 9.78 Å². The van der Waals surface area contributed by atoms with E-state index in [1.165, 1.54) is 29.5 Å². The Hall–Kier alpha value is -3.26. The van der Waals surface area contributed by atoms with Crippen molar-refractivity contribution in [3.63, 3.8) is 0 Å². The molecule has 0 fully saturated rings. The van der Waals surface area contributed by atoms with E-state index in [1.54, 1.807) is 30.5 Å². The number of imidazole rings is 1. The van der Waals surface area contributed by atoms with Crippen molar-refractivity contribution in [1.29, 1.82) is 0 Å². The van der Waals surface area contributed by atoms with Crippen molar-refractivity contribution in [3.8, 4) is 11.3 Å². The van der Waals surface area contributed by atoms with Crippen molar-refractivity contribution in [1.82, 2.24) is 9.38 Å². The molecule has 118 valence electrons. The number of rotatable bonds is 3. The molecule has 0 spiro atoms. The number of nitro benzene ring substituents is 1. The molecule has 24 heavy (non-hydrogen) atoms. The van der Waals surface area contributed by atoms with Gasteiger partial charge in [-0.2, -0.15) is 0 Å². The lowest BCUT2D eigenvalue weighted by atomic mass is 10.1. The number of aromatic nitrogens is 2. The summed E-state index contributed by atoms with van der Waals surface area (Å²) in [6, 6.07) is 11.3. The van der Waals surface area contributed by atoms with Gasteiger partial charge in [0.1, 0.15) is 0 Å². The molecule has 0 bridgehead atoms. The summed E-state index contributed by atoms with van der Waals surface area (Å²) in [5.41, 5.74) is 2.11. The lowest BCUT2D eigenvalue weighted by Crippen LogP contribution is -1.98. The molecule has 0 aliphatic carbocycles. The number of benzene rings is 2. The molecule has 0 amide bonds. The third-order valence-electron chi connectivity index (χ3n) is 3.72. The standard InChI is InChI=1S/C16H9N3O4S/c20-15(21)11-4-2-1-3-10(11)12-8-18-13-6-5-9(19(22)23)7-14(13)24-16(18)17-12/h1-8H,(H,20,21). The highest BCUT2D eigenvalue weighted by Crippen LogP contribution is 2.32. The largest absolute Gasteiger partial charge is 0.478 e. The molecule has 0 saturated heterocycles. The van der Waals surface area contributed by atoms with Crippen LogP contribution in [0.15, 0.2) is 48.7 Å². The van der Waals surface area contributed by atoms with Crippen LogP contribution >= 0.6 is 11.3 Å². The summed E-state index contributed by atoms with van der Waals surface area (Å²) in [5.74, 6) is -1.01. The van der Waals surface area contributed by atoms with Gasteiger partial charge in [0.05, 0.1) is 26.4 Å². The number of non-ortho nitro benzene ring substituents is 1. The van der Waals surface area contributed by atoms with Gasteiger partial charge in [-0.05, 0) is 12.1 Å². The second-order valence-corrected chi connectivity index (χ2v) is 6.15. The van der Waals surface area contributed by atoms with Gasteiger partial charge in [0.15, 0.2) is 4.96 Å². The van der Waals surface area contributed by atoms with Gasteiger partial charge < -0.3 is 5.11 Å². The van der Waals surface area contributed by atoms with Gasteiger partial charge >= 0.3 is 5.97 Å². The van der Waals surface area contributed by atoms with E-state index < -0.39 is 10.9 Å². The van der Waals surface area contributed by atoms with E-state index in [0.29, 0.717) is 16.2 Å². The normalized spacial score (nSPS) is 11.2. The third kappa shape index (κ3) is 2.12. The molecule has 0 aliphatic heterocycles. The van der Waals surface area contributed by atoms with Crippen LogP contribution in [0.25, 0.3) is 26.4 Å². The van der Waals surface area contributed by atoms with Crippen LogP contribution in [0, 0.1) is 10.1 Å². The zero-order valence-electron chi connectivity index (χ0n) is 12.0. The van der Waals surface area contributed by atoms with Gasteiger partial charge in [-0.3, -0.25) is 14.5 Å². The first kappa shape index (κ1) is 14.3. The van der Waals surface area contributed by atoms with Crippen LogP contribution in [-0.4, -0.2) is 25.4 Å². The molecule has 2 aromatic carbocycles. The highest BCUT2D eigenvalue weighted by Gasteiger charge is 2.17. The van der Waals surface area contributed by atoms with Gasteiger partial charge in [-0.15, -0.1) is 0 Å². The number of carboxylic acid groups (broad SMARTS) is 1. The van der Waals surface area contributed by atoms with Crippen molar-refractivity contribution in [3.05, 3.63) is 64.3 Å². The van der Waals surface area contributed by atoms with Crippen LogP contribution in [0.3, 0.4) is 0 Å². The van der Waals surface area contributed by atoms with E-state index in [9.17, 15) is 20.0 Å². The minimum atomic E-state index is -1.01. The molecule has 0 aliphatic rings. The first-order valence-corrected chi connectivity index (χ1v) is 7.75. The summed E-state index contributed by atoms with van der Waals surface area (Å²) < 4.78 is 2.57. The summed E-state index contributed by atoms with van der Waals surface area (Å²) in [7, 11) is 0. The Morgan fingerprint density at radius 2 is 2.04 bits per heavy atom. The molecule has 0 unspecified atom stereocenters. The monoisotopic (exact) mass is 339 g/mol. The molecule has 0 atom stereocenters. The van der Waals surface area contributed by atoms with Crippen molar-refractivity contribution in [2.45, 2.75) is 0 Å². The van der Waals surface area contributed by atoms with Crippen molar-refractivity contribution < 1.29 is 14.8 Å². The summed E-state index contributed by atoms with van der Waals surface area (Å²) in [4.78, 5) is 26.9. The second-order valence-electron chi connectivity index (χ2n) is 5.14. The smallest absolute Gasteiger partial charge is 0.336 e. The maximum Gasteiger partial charge on any atom is 0.336 e. The highest BCUT2D eigenvalue weighted by atomic mass is 32.1. The van der Waals surface area contributed by atoms with Gasteiger partial charge in [0, 0.05) is 23.9 Å². The Kier molecular flexibility index (Phi) is 3.07. The average Bonchev–Trinajstić information content (AvgIpc) is 3.11. The van der Waals surface area contributed by atoms with E-state index in [2.05, 4.69) is 4.98 Å². The number of hydrogen-bond acceptors (Lipinski definition) is 5. The lowest BCUT2D eigenvalue weighted by Gasteiger charge is -2.01. The average molecular weight is 339 g/mol. The van der Waals surface area contributed by atoms with Crippen LogP contribution in [0.2, 0.25) is 0 Å². The molecule has 8 heteroatoms. The summed E-state index contributed by atoms with van der Waals surface area (Å²) >= 11 is 1.32. The van der Waals surface area contributed by atoms with E-state index in [1.807, 2.05) is 4.40 Å². The Morgan fingerprint density at radius 3 is 2.79 bits per heavy atom. The maximum absolute atomic E-state index is 11.4. The number of nitrogens with zero attached hydrogens (tertiary/aromatic N) is 3. The molecule has 4 aromatic rings. The fraction of sp³-hybridized carbons (Fsp3) is 0. The van der Waals surface area contributed by atoms with Crippen LogP contribution in [0.1, 0.15) is 10.4 Å². The summed E-state index contributed by atoms with van der Waals surface area (Å²) in [6.07, 6.45) is 1.75. The predicted octanol–water partition coefficient (Wildman–Crippen LogP) is 3.82. The Morgan fingerprint density at radius 1 is 1.25 bits per heavy atom. The number of hydrogen-bond donors (Lipinski definition) is 1. The first-order valence-electron chi connectivity index (χ1n) is 6.93. The first-order chi connectivity index (χ1) is 11.5. The van der Waals surface area contributed by atoms with E-state index >= 15 is 0 Å². The zero-order valence-corrected chi connectivity index (χ0v) is 12.9. The predicted molar refractivity (Wildman–Crippen MR) is 89.6 cm³/mol. The fourth-order valence-corrected chi connectivity index (χ4v) is 3.67. The van der Waals surface area contributed by atoms with E-state index in [-0.39, 0.29) is 11.3 Å². The minimum absolute atomic E-state index is 0.0310. The molecule has 2 aromatic heterocycles. The number of carbonyl (C=O) groups is 1. The zero-order chi connectivity index (χ0) is 16.8. The second kappa shape index (κ2) is 5.14. The van der Waals surface area contributed by atoms with Gasteiger partial charge in [0.25, 0.3) is 5.69 Å². The molecule has 0 radical (unpaired) electrons. The van der Waals surface area contributed by atoms with Gasteiger partial charge in [-0.1, -0.05) is 29.5 Å². The molecule has 7 nitrogen and oxygen atoms in total. The number of nitro groups is 1. The molecule has 2 heterocycles. The fourth-order valence-electron chi connectivity index (χ4n) is 2.63. The molecule has 1 N–H and O–H groups in total. The Balaban J connectivity index is 1.91. The minimum Gasteiger partial charge on any atom is -0.478 e. The Labute approximate surface area is 138 Å². The van der Waals surface area contributed by atoms with Crippen molar-refractivity contribution in [2.75, 3.05) is 0 Å². The number of thiazole rings is 1. The number of carboxylic acids is 1. The van der Waals surface area contributed by atoms with Crippen LogP contribution in [-0.2, 0) is 0 Å². The molecule has 4 rings (SSSR count). The summed E-state index contributed by atoms with van der Waals surface area (Å²) in [5, 5.41) is 20.2. The highest BCUT2D eigenvalue weighted by molar-refractivity contribution is 7.23. The van der Waals surface area contributed by atoms with Crippen molar-refractivity contribution >= 4 is 38.2 Å².